The number of esters is 1. The van der Waals surface area contributed by atoms with Crippen molar-refractivity contribution in [1.29, 1.82) is 5.26 Å². The number of aromatic nitrogens is 1. The smallest absolute Gasteiger partial charge is 0.309 e. The van der Waals surface area contributed by atoms with E-state index < -0.39 is 0 Å². The van der Waals surface area contributed by atoms with Crippen LogP contribution in [0.2, 0.25) is 0 Å². The van der Waals surface area contributed by atoms with Crippen LogP contribution in [0, 0.1) is 46.7 Å². The maximum Gasteiger partial charge on any atom is 0.309 e. The summed E-state index contributed by atoms with van der Waals surface area (Å²) in [5, 5.41) is 12.3. The maximum absolute atomic E-state index is 13.6. The van der Waals surface area contributed by atoms with E-state index in [2.05, 4.69) is 28.5 Å². The Hall–Kier alpha value is -3.04. The second kappa shape index (κ2) is 9.68. The standard InChI is InChI=1S/C28H30FN3O2/c1-17-27-25(10-7-22-6-5-19(16-32-22)18-3-2-4-21(29)13-18)24-9-8-23(31-12-11-30)14-20(24)15-26(27)28(33)34-17/h2-7,10,13,16-17,20,23-27,31H,8-9,12,14-15H2,1H3/b10-7+/t17-,20?,23+,24-,25+,26-,27+/m1/s1. The summed E-state index contributed by atoms with van der Waals surface area (Å²) in [6.45, 7) is 2.39. The molecule has 5 rings (SSSR count). The molecule has 3 fully saturated rings. The molecule has 2 aromatic rings. The van der Waals surface area contributed by atoms with Crippen molar-refractivity contribution in [3.63, 3.8) is 0 Å². The number of carbonyl (C=O) groups excluding carboxylic acids is 1. The number of allylic oxidation sites excluding steroid dienone is 1. The van der Waals surface area contributed by atoms with Gasteiger partial charge in [-0.15, -0.1) is 0 Å². The lowest BCUT2D eigenvalue weighted by Crippen LogP contribution is -2.47. The molecule has 1 aromatic heterocycles. The number of halogens is 1. The minimum Gasteiger partial charge on any atom is -0.462 e. The predicted octanol–water partition coefficient (Wildman–Crippen LogP) is 5.00. The van der Waals surface area contributed by atoms with E-state index in [1.807, 2.05) is 25.1 Å². The number of fused-ring (bicyclic) bond motifs is 2. The van der Waals surface area contributed by atoms with Crippen molar-refractivity contribution in [1.82, 2.24) is 10.3 Å². The number of nitrogens with one attached hydrogen (secondary N) is 1. The van der Waals surface area contributed by atoms with Gasteiger partial charge in [0.1, 0.15) is 11.9 Å². The zero-order chi connectivity index (χ0) is 23.7. The monoisotopic (exact) mass is 459 g/mol. The van der Waals surface area contributed by atoms with Gasteiger partial charge >= 0.3 is 5.97 Å². The van der Waals surface area contributed by atoms with Gasteiger partial charge in [0.15, 0.2) is 0 Å². The summed E-state index contributed by atoms with van der Waals surface area (Å²) in [6, 6.07) is 13.0. The Balaban J connectivity index is 1.36. The van der Waals surface area contributed by atoms with Gasteiger partial charge in [-0.1, -0.05) is 24.3 Å². The molecule has 0 bridgehead atoms. The van der Waals surface area contributed by atoms with E-state index in [1.54, 1.807) is 12.3 Å². The molecule has 7 atom stereocenters. The quantitative estimate of drug-likeness (QED) is 0.503. The summed E-state index contributed by atoms with van der Waals surface area (Å²) >= 11 is 0. The minimum absolute atomic E-state index is 0.0519. The predicted molar refractivity (Wildman–Crippen MR) is 128 cm³/mol. The van der Waals surface area contributed by atoms with Crippen LogP contribution in [0.25, 0.3) is 17.2 Å². The van der Waals surface area contributed by atoms with Crippen molar-refractivity contribution in [2.45, 2.75) is 44.8 Å². The van der Waals surface area contributed by atoms with Crippen LogP contribution < -0.4 is 5.32 Å². The van der Waals surface area contributed by atoms with E-state index in [0.717, 1.165) is 42.5 Å². The van der Waals surface area contributed by atoms with Gasteiger partial charge in [0.25, 0.3) is 0 Å². The number of hydrogen-bond acceptors (Lipinski definition) is 5. The lowest BCUT2D eigenvalue weighted by atomic mass is 9.57. The molecule has 34 heavy (non-hydrogen) atoms. The van der Waals surface area contributed by atoms with E-state index in [0.29, 0.717) is 24.4 Å². The van der Waals surface area contributed by atoms with E-state index >= 15 is 0 Å². The Kier molecular flexibility index (Phi) is 6.47. The third-order valence-corrected chi connectivity index (χ3v) is 8.05. The van der Waals surface area contributed by atoms with Crippen molar-refractivity contribution >= 4 is 12.0 Å². The lowest BCUT2D eigenvalue weighted by molar-refractivity contribution is -0.144. The Labute approximate surface area is 200 Å². The van der Waals surface area contributed by atoms with Crippen LogP contribution in [0.15, 0.2) is 48.7 Å². The number of nitrogens with zero attached hydrogens (tertiary/aromatic N) is 2. The van der Waals surface area contributed by atoms with Crippen molar-refractivity contribution in [2.24, 2.45) is 29.6 Å². The number of carbonyl (C=O) groups is 1. The Morgan fingerprint density at radius 1 is 1.24 bits per heavy atom. The van der Waals surface area contributed by atoms with Crippen LogP contribution >= 0.6 is 0 Å². The molecule has 176 valence electrons. The Morgan fingerprint density at radius 3 is 2.88 bits per heavy atom. The van der Waals surface area contributed by atoms with Crippen LogP contribution in [-0.2, 0) is 9.53 Å². The third-order valence-electron chi connectivity index (χ3n) is 8.05. The number of rotatable bonds is 5. The van der Waals surface area contributed by atoms with Gasteiger partial charge < -0.3 is 10.1 Å². The average molecular weight is 460 g/mol. The van der Waals surface area contributed by atoms with Gasteiger partial charge in [0.05, 0.1) is 24.2 Å². The van der Waals surface area contributed by atoms with Crippen molar-refractivity contribution < 1.29 is 13.9 Å². The molecular formula is C28H30FN3O2. The first-order chi connectivity index (χ1) is 16.5. The molecule has 1 aromatic carbocycles. The fourth-order valence-electron chi connectivity index (χ4n) is 6.54. The SMILES string of the molecule is C[C@H]1OC(=O)[C@@H]2CC3C[C@@H](NCC#N)CC[C@H]3[C@H](/C=C/c3ccc(-c4cccc(F)c4)cn3)[C@H]12. The molecule has 6 heteroatoms. The summed E-state index contributed by atoms with van der Waals surface area (Å²) in [6.07, 6.45) is 10.0. The number of nitriles is 1. The Bertz CT molecular complexity index is 1110. The van der Waals surface area contributed by atoms with Gasteiger partial charge in [-0.3, -0.25) is 9.78 Å². The minimum atomic E-state index is -0.261. The number of ether oxygens (including phenoxy) is 1. The third kappa shape index (κ3) is 4.50. The highest BCUT2D eigenvalue weighted by molar-refractivity contribution is 5.75. The molecular weight excluding hydrogens is 429 g/mol. The normalized spacial score (nSPS) is 32.6. The second-order valence-electron chi connectivity index (χ2n) is 9.95. The van der Waals surface area contributed by atoms with Crippen LogP contribution in [0.4, 0.5) is 4.39 Å². The summed E-state index contributed by atoms with van der Waals surface area (Å²) < 4.78 is 19.2. The molecule has 2 saturated carbocycles. The molecule has 1 unspecified atom stereocenters. The first kappa shape index (κ1) is 22.7. The van der Waals surface area contributed by atoms with E-state index in [-0.39, 0.29) is 35.6 Å². The van der Waals surface area contributed by atoms with Crippen molar-refractivity contribution in [3.05, 3.63) is 60.2 Å². The van der Waals surface area contributed by atoms with Crippen molar-refractivity contribution in [2.75, 3.05) is 6.54 Å². The van der Waals surface area contributed by atoms with E-state index in [9.17, 15) is 9.18 Å². The highest BCUT2D eigenvalue weighted by Gasteiger charge is 2.54. The molecule has 3 aliphatic rings. The van der Waals surface area contributed by atoms with Crippen LogP contribution in [0.3, 0.4) is 0 Å². The molecule has 1 aliphatic heterocycles. The van der Waals surface area contributed by atoms with E-state index in [1.165, 1.54) is 12.1 Å². The molecule has 0 spiro atoms. The number of hydrogen-bond donors (Lipinski definition) is 1. The number of benzene rings is 1. The average Bonchev–Trinajstić information content (AvgIpc) is 3.13. The van der Waals surface area contributed by atoms with Gasteiger partial charge in [0.2, 0.25) is 0 Å². The first-order valence-electron chi connectivity index (χ1n) is 12.2. The van der Waals surface area contributed by atoms with Gasteiger partial charge in [-0.25, -0.2) is 4.39 Å². The highest BCUT2D eigenvalue weighted by atomic mass is 19.1. The highest BCUT2D eigenvalue weighted by Crippen LogP contribution is 2.53. The summed E-state index contributed by atoms with van der Waals surface area (Å²) in [5.74, 6) is 1.03. The summed E-state index contributed by atoms with van der Waals surface area (Å²) in [5.41, 5.74) is 2.53. The number of pyridine rings is 1. The molecule has 1 N–H and O–H groups in total. The maximum atomic E-state index is 13.6. The molecule has 5 nitrogen and oxygen atoms in total. The van der Waals surface area contributed by atoms with Gasteiger partial charge in [-0.05, 0) is 80.2 Å². The van der Waals surface area contributed by atoms with Crippen molar-refractivity contribution in [3.8, 4) is 17.2 Å². The fourth-order valence-corrected chi connectivity index (χ4v) is 6.54. The van der Waals surface area contributed by atoms with Gasteiger partial charge in [0, 0.05) is 23.7 Å². The summed E-state index contributed by atoms with van der Waals surface area (Å²) in [7, 11) is 0. The zero-order valence-electron chi connectivity index (χ0n) is 19.4. The van der Waals surface area contributed by atoms with E-state index in [4.69, 9.17) is 10.00 Å². The zero-order valence-corrected chi connectivity index (χ0v) is 19.4. The lowest BCUT2D eigenvalue weighted by Gasteiger charge is -2.47. The Morgan fingerprint density at radius 2 is 2.12 bits per heavy atom. The molecule has 2 aliphatic carbocycles. The molecule has 0 radical (unpaired) electrons. The van der Waals surface area contributed by atoms with Crippen LogP contribution in [0.5, 0.6) is 0 Å². The second-order valence-corrected chi connectivity index (χ2v) is 9.95. The first-order valence-corrected chi connectivity index (χ1v) is 12.2. The number of cyclic esters (lactones) is 1. The van der Waals surface area contributed by atoms with Gasteiger partial charge in [-0.2, -0.15) is 5.26 Å². The molecule has 0 amide bonds. The van der Waals surface area contributed by atoms with Crippen LogP contribution in [0.1, 0.15) is 38.3 Å². The van der Waals surface area contributed by atoms with Crippen LogP contribution in [-0.4, -0.2) is 29.6 Å². The molecule has 2 heterocycles. The largest absolute Gasteiger partial charge is 0.462 e. The molecule has 1 saturated heterocycles. The topological polar surface area (TPSA) is 75.0 Å². The fraction of sp³-hybridized carbons (Fsp3) is 0.464. The summed E-state index contributed by atoms with van der Waals surface area (Å²) in [4.78, 5) is 17.2.